The summed E-state index contributed by atoms with van der Waals surface area (Å²) in [5.41, 5.74) is 0.112. The minimum absolute atomic E-state index is 0.00522. The predicted octanol–water partition coefficient (Wildman–Crippen LogP) is 4.46. The van der Waals surface area contributed by atoms with Crippen molar-refractivity contribution >= 4 is 5.97 Å². The van der Waals surface area contributed by atoms with E-state index in [1.54, 1.807) is 0 Å². The molecule has 23 heavy (non-hydrogen) atoms. The Balaban J connectivity index is 1.73. The maximum Gasteiger partial charge on any atom is 0.306 e. The lowest BCUT2D eigenvalue weighted by atomic mass is 9.70. The molecule has 134 valence electrons. The van der Waals surface area contributed by atoms with Gasteiger partial charge in [0, 0.05) is 11.8 Å². The molecule has 1 saturated heterocycles. The smallest absolute Gasteiger partial charge is 0.306 e. The summed E-state index contributed by atoms with van der Waals surface area (Å²) in [7, 11) is 0. The first-order chi connectivity index (χ1) is 11.1. The lowest BCUT2D eigenvalue weighted by Gasteiger charge is -2.45. The van der Waals surface area contributed by atoms with E-state index in [1.807, 2.05) is 6.92 Å². The summed E-state index contributed by atoms with van der Waals surface area (Å²) in [6.07, 6.45) is 9.04. The number of rotatable bonds is 7. The number of carbonyl (C=O) groups is 1. The molecule has 0 aromatic carbocycles. The van der Waals surface area contributed by atoms with Crippen LogP contribution < -0.4 is 0 Å². The van der Waals surface area contributed by atoms with Gasteiger partial charge in [0.15, 0.2) is 6.29 Å². The highest BCUT2D eigenvalue weighted by molar-refractivity contribution is 5.69. The molecule has 1 aliphatic carbocycles. The second kappa shape index (κ2) is 9.03. The van der Waals surface area contributed by atoms with Crippen LogP contribution in [0.3, 0.4) is 0 Å². The van der Waals surface area contributed by atoms with Gasteiger partial charge in [-0.1, -0.05) is 27.2 Å². The minimum Gasteiger partial charge on any atom is -0.462 e. The van der Waals surface area contributed by atoms with Crippen molar-refractivity contribution < 1.29 is 19.0 Å². The van der Waals surface area contributed by atoms with Gasteiger partial charge in [0.25, 0.3) is 0 Å². The number of hydrogen-bond acceptors (Lipinski definition) is 4. The average molecular weight is 326 g/mol. The largest absolute Gasteiger partial charge is 0.462 e. The summed E-state index contributed by atoms with van der Waals surface area (Å²) in [5, 5.41) is 0. The number of esters is 1. The molecular formula is C19H34O4. The van der Waals surface area contributed by atoms with E-state index in [4.69, 9.17) is 14.2 Å². The van der Waals surface area contributed by atoms with Gasteiger partial charge in [-0.15, -0.1) is 0 Å². The lowest BCUT2D eigenvalue weighted by molar-refractivity contribution is -0.242. The van der Waals surface area contributed by atoms with E-state index < -0.39 is 0 Å². The van der Waals surface area contributed by atoms with Gasteiger partial charge in [-0.05, 0) is 50.9 Å². The Morgan fingerprint density at radius 2 is 1.74 bits per heavy atom. The minimum atomic E-state index is -0.0368. The van der Waals surface area contributed by atoms with Gasteiger partial charge in [-0.2, -0.15) is 0 Å². The molecule has 1 heterocycles. The molecule has 0 spiro atoms. The fourth-order valence-corrected chi connectivity index (χ4v) is 3.76. The molecule has 2 rings (SSSR count). The van der Waals surface area contributed by atoms with Crippen molar-refractivity contribution in [3.63, 3.8) is 0 Å². The molecule has 2 fully saturated rings. The molecule has 0 bridgehead atoms. The highest BCUT2D eigenvalue weighted by atomic mass is 16.7. The van der Waals surface area contributed by atoms with Gasteiger partial charge in [0.2, 0.25) is 0 Å². The van der Waals surface area contributed by atoms with E-state index in [0.29, 0.717) is 12.3 Å². The van der Waals surface area contributed by atoms with Crippen molar-refractivity contribution in [1.29, 1.82) is 0 Å². The van der Waals surface area contributed by atoms with Gasteiger partial charge in [0.1, 0.15) is 6.10 Å². The summed E-state index contributed by atoms with van der Waals surface area (Å²) in [4.78, 5) is 11.6. The van der Waals surface area contributed by atoms with Crippen LogP contribution in [0.15, 0.2) is 0 Å². The Bertz CT molecular complexity index is 352. The highest BCUT2D eigenvalue weighted by Gasteiger charge is 2.41. The first-order valence-electron chi connectivity index (χ1n) is 9.50. The lowest BCUT2D eigenvalue weighted by Crippen LogP contribution is -2.46. The van der Waals surface area contributed by atoms with Crippen LogP contribution in [0.2, 0.25) is 0 Å². The van der Waals surface area contributed by atoms with Crippen molar-refractivity contribution in [3.05, 3.63) is 0 Å². The summed E-state index contributed by atoms with van der Waals surface area (Å²) >= 11 is 0. The Morgan fingerprint density at radius 1 is 1.09 bits per heavy atom. The Kier molecular flexibility index (Phi) is 7.35. The average Bonchev–Trinajstić information content (AvgIpc) is 2.55. The maximum atomic E-state index is 11.6. The summed E-state index contributed by atoms with van der Waals surface area (Å²) in [6, 6.07) is 0. The van der Waals surface area contributed by atoms with Gasteiger partial charge < -0.3 is 14.2 Å². The third-order valence-corrected chi connectivity index (χ3v) is 5.40. The highest BCUT2D eigenvalue weighted by Crippen LogP contribution is 2.42. The second-order valence-electron chi connectivity index (χ2n) is 7.56. The number of hydrogen-bond donors (Lipinski definition) is 0. The molecule has 4 heteroatoms. The summed E-state index contributed by atoms with van der Waals surface area (Å²) in [5.74, 6) is 0.570. The quantitative estimate of drug-likeness (QED) is 0.648. The molecule has 1 aliphatic heterocycles. The van der Waals surface area contributed by atoms with Crippen molar-refractivity contribution in [2.75, 3.05) is 13.2 Å². The molecule has 0 aromatic heterocycles. The van der Waals surface area contributed by atoms with Crippen LogP contribution in [0, 0.1) is 11.3 Å². The Hall–Kier alpha value is -0.610. The summed E-state index contributed by atoms with van der Waals surface area (Å²) < 4.78 is 17.5. The fourth-order valence-electron chi connectivity index (χ4n) is 3.76. The van der Waals surface area contributed by atoms with E-state index in [2.05, 4.69) is 13.8 Å². The van der Waals surface area contributed by atoms with Crippen LogP contribution in [0.25, 0.3) is 0 Å². The monoisotopic (exact) mass is 326 g/mol. The van der Waals surface area contributed by atoms with E-state index >= 15 is 0 Å². The predicted molar refractivity (Wildman–Crippen MR) is 90.1 cm³/mol. The van der Waals surface area contributed by atoms with E-state index in [-0.39, 0.29) is 23.8 Å². The molecule has 1 saturated carbocycles. The molecular weight excluding hydrogens is 292 g/mol. The Labute approximate surface area is 141 Å². The topological polar surface area (TPSA) is 44.8 Å². The van der Waals surface area contributed by atoms with Gasteiger partial charge in [-0.3, -0.25) is 4.79 Å². The second-order valence-corrected chi connectivity index (χ2v) is 7.56. The maximum absolute atomic E-state index is 11.6. The SMILES string of the molecule is CCCCC1OCC(C)(C2CCC(OC(=O)CCC)CC2)CO1. The molecule has 0 N–H and O–H groups in total. The zero-order valence-corrected chi connectivity index (χ0v) is 15.1. The number of unbranched alkanes of at least 4 members (excludes halogenated alkanes) is 1. The van der Waals surface area contributed by atoms with Crippen LogP contribution in [0.1, 0.15) is 78.6 Å². The van der Waals surface area contributed by atoms with Crippen LogP contribution in [0.5, 0.6) is 0 Å². The van der Waals surface area contributed by atoms with Crippen LogP contribution >= 0.6 is 0 Å². The zero-order valence-electron chi connectivity index (χ0n) is 15.1. The molecule has 0 amide bonds. The van der Waals surface area contributed by atoms with E-state index in [0.717, 1.165) is 58.2 Å². The Morgan fingerprint density at radius 3 is 2.30 bits per heavy atom. The van der Waals surface area contributed by atoms with E-state index in [1.165, 1.54) is 6.42 Å². The van der Waals surface area contributed by atoms with E-state index in [9.17, 15) is 4.79 Å². The summed E-state index contributed by atoms with van der Waals surface area (Å²) in [6.45, 7) is 8.09. The molecule has 2 aliphatic rings. The molecule has 4 nitrogen and oxygen atoms in total. The standard InChI is InChI=1S/C19H34O4/c1-4-6-8-18-21-13-19(3,14-22-18)15-9-11-16(12-10-15)23-17(20)7-5-2/h15-16,18H,4-14H2,1-3H3. The van der Waals surface area contributed by atoms with Crippen molar-refractivity contribution in [1.82, 2.24) is 0 Å². The van der Waals surface area contributed by atoms with Crippen molar-refractivity contribution in [2.24, 2.45) is 11.3 Å². The first-order valence-corrected chi connectivity index (χ1v) is 9.50. The van der Waals surface area contributed by atoms with Crippen LogP contribution in [0.4, 0.5) is 0 Å². The van der Waals surface area contributed by atoms with Crippen molar-refractivity contribution in [3.8, 4) is 0 Å². The van der Waals surface area contributed by atoms with Gasteiger partial charge in [-0.25, -0.2) is 0 Å². The zero-order chi connectivity index (χ0) is 16.7. The van der Waals surface area contributed by atoms with Gasteiger partial charge >= 0.3 is 5.97 Å². The fraction of sp³-hybridized carbons (Fsp3) is 0.947. The number of carbonyl (C=O) groups excluding carboxylic acids is 1. The molecule has 0 atom stereocenters. The van der Waals surface area contributed by atoms with Gasteiger partial charge in [0.05, 0.1) is 13.2 Å². The third-order valence-electron chi connectivity index (χ3n) is 5.40. The normalized spacial score (nSPS) is 35.0. The van der Waals surface area contributed by atoms with Crippen LogP contribution in [-0.2, 0) is 19.0 Å². The third kappa shape index (κ3) is 5.46. The van der Waals surface area contributed by atoms with Crippen molar-refractivity contribution in [2.45, 2.75) is 91.0 Å². The number of ether oxygens (including phenoxy) is 3. The molecule has 0 unspecified atom stereocenters. The van der Waals surface area contributed by atoms with Crippen LogP contribution in [-0.4, -0.2) is 31.6 Å². The first kappa shape index (κ1) is 18.7. The molecule has 0 aromatic rings. The molecule has 0 radical (unpaired) electrons.